The molecular weight excluding hydrogens is 256 g/mol. The van der Waals surface area contributed by atoms with Crippen molar-refractivity contribution in [2.75, 3.05) is 40.5 Å². The molecule has 0 heterocycles. The van der Waals surface area contributed by atoms with Crippen LogP contribution in [0.5, 0.6) is 0 Å². The minimum Gasteiger partial charge on any atom is -0.382 e. The molecule has 0 atom stereocenters. The first-order valence-electron chi connectivity index (χ1n) is 6.86. The van der Waals surface area contributed by atoms with Gasteiger partial charge in [-0.25, -0.2) is 0 Å². The topological polar surface area (TPSA) is 59.6 Å². The number of carbonyl (C=O) groups is 1. The summed E-state index contributed by atoms with van der Waals surface area (Å²) in [6.07, 6.45) is 0.972. The molecule has 20 heavy (non-hydrogen) atoms. The lowest BCUT2D eigenvalue weighted by molar-refractivity contribution is 0.0695. The van der Waals surface area contributed by atoms with Crippen LogP contribution in [0.2, 0.25) is 0 Å². The molecule has 0 aliphatic carbocycles. The minimum absolute atomic E-state index is 0.0577. The molecule has 0 aliphatic heterocycles. The summed E-state index contributed by atoms with van der Waals surface area (Å²) in [4.78, 5) is 11.4. The predicted molar refractivity (Wildman–Crippen MR) is 78.9 cm³/mol. The van der Waals surface area contributed by atoms with E-state index in [4.69, 9.17) is 9.47 Å². The number of amides is 1. The zero-order valence-corrected chi connectivity index (χ0v) is 12.3. The first kappa shape index (κ1) is 16.6. The summed E-state index contributed by atoms with van der Waals surface area (Å²) in [7, 11) is 3.30. The Kier molecular flexibility index (Phi) is 8.62. The molecule has 0 fully saturated rings. The average Bonchev–Trinajstić information content (AvgIpc) is 2.50. The Bertz CT molecular complexity index is 379. The Balaban J connectivity index is 2.11. The Morgan fingerprint density at radius 1 is 1.15 bits per heavy atom. The molecular formula is C15H24N2O3. The second-order valence-electron chi connectivity index (χ2n) is 4.41. The fourth-order valence-corrected chi connectivity index (χ4v) is 1.69. The summed E-state index contributed by atoms with van der Waals surface area (Å²) >= 11 is 0. The molecule has 0 aliphatic rings. The van der Waals surface area contributed by atoms with E-state index in [1.54, 1.807) is 14.2 Å². The van der Waals surface area contributed by atoms with Gasteiger partial charge in [-0.3, -0.25) is 4.79 Å². The van der Waals surface area contributed by atoms with E-state index in [1.807, 2.05) is 24.3 Å². The summed E-state index contributed by atoms with van der Waals surface area (Å²) in [5.74, 6) is -0.0577. The van der Waals surface area contributed by atoms with Crippen molar-refractivity contribution in [2.24, 2.45) is 0 Å². The SMILES string of the molecule is CNC(=O)c1ccc(CNCCCOCCOC)cc1. The van der Waals surface area contributed by atoms with Gasteiger partial charge >= 0.3 is 0 Å². The standard InChI is InChI=1S/C15H24N2O3/c1-16-15(18)14-6-4-13(5-7-14)12-17-8-3-9-20-11-10-19-2/h4-7,17H,3,8-12H2,1-2H3,(H,16,18). The van der Waals surface area contributed by atoms with Crippen molar-refractivity contribution in [3.05, 3.63) is 35.4 Å². The molecule has 5 heteroatoms. The lowest BCUT2D eigenvalue weighted by atomic mass is 10.1. The van der Waals surface area contributed by atoms with E-state index in [0.29, 0.717) is 18.8 Å². The van der Waals surface area contributed by atoms with Crippen LogP contribution in [0.25, 0.3) is 0 Å². The molecule has 5 nitrogen and oxygen atoms in total. The summed E-state index contributed by atoms with van der Waals surface area (Å²) in [6, 6.07) is 7.60. The molecule has 0 saturated heterocycles. The second-order valence-corrected chi connectivity index (χ2v) is 4.41. The van der Waals surface area contributed by atoms with E-state index in [0.717, 1.165) is 31.7 Å². The van der Waals surface area contributed by atoms with Crippen LogP contribution in [0.15, 0.2) is 24.3 Å². The number of methoxy groups -OCH3 is 1. The number of ether oxygens (including phenoxy) is 2. The molecule has 112 valence electrons. The van der Waals surface area contributed by atoms with E-state index in [2.05, 4.69) is 10.6 Å². The summed E-state index contributed by atoms with van der Waals surface area (Å²) in [5, 5.41) is 5.95. The van der Waals surface area contributed by atoms with E-state index >= 15 is 0 Å². The zero-order chi connectivity index (χ0) is 14.6. The molecule has 1 rings (SSSR count). The van der Waals surface area contributed by atoms with Gasteiger partial charge in [-0.1, -0.05) is 12.1 Å². The van der Waals surface area contributed by atoms with Crippen LogP contribution >= 0.6 is 0 Å². The molecule has 1 aromatic carbocycles. The molecule has 0 spiro atoms. The molecule has 1 amide bonds. The quantitative estimate of drug-likeness (QED) is 0.632. The smallest absolute Gasteiger partial charge is 0.251 e. The number of benzene rings is 1. The molecule has 0 radical (unpaired) electrons. The Morgan fingerprint density at radius 2 is 1.90 bits per heavy atom. The van der Waals surface area contributed by atoms with Crippen molar-refractivity contribution in [2.45, 2.75) is 13.0 Å². The number of hydrogen-bond acceptors (Lipinski definition) is 4. The summed E-state index contributed by atoms with van der Waals surface area (Å²) < 4.78 is 10.3. The normalized spacial score (nSPS) is 10.5. The van der Waals surface area contributed by atoms with Crippen LogP contribution in [0.1, 0.15) is 22.3 Å². The highest BCUT2D eigenvalue weighted by Gasteiger charge is 2.01. The molecule has 2 N–H and O–H groups in total. The summed E-state index contributed by atoms with van der Waals surface area (Å²) in [6.45, 7) is 3.74. The van der Waals surface area contributed by atoms with E-state index in [-0.39, 0.29) is 5.91 Å². The lowest BCUT2D eigenvalue weighted by Crippen LogP contribution is -2.18. The second kappa shape index (κ2) is 10.4. The van der Waals surface area contributed by atoms with E-state index < -0.39 is 0 Å². The van der Waals surface area contributed by atoms with Crippen LogP contribution in [0, 0.1) is 0 Å². The van der Waals surface area contributed by atoms with Gasteiger partial charge in [0.1, 0.15) is 0 Å². The van der Waals surface area contributed by atoms with Crippen molar-refractivity contribution in [1.29, 1.82) is 0 Å². The maximum Gasteiger partial charge on any atom is 0.251 e. The van der Waals surface area contributed by atoms with Crippen LogP contribution in [-0.2, 0) is 16.0 Å². The van der Waals surface area contributed by atoms with Crippen molar-refractivity contribution < 1.29 is 14.3 Å². The van der Waals surface area contributed by atoms with Gasteiger partial charge in [0.15, 0.2) is 0 Å². The van der Waals surface area contributed by atoms with Gasteiger partial charge in [0.2, 0.25) is 0 Å². The van der Waals surface area contributed by atoms with Gasteiger partial charge in [-0.2, -0.15) is 0 Å². The van der Waals surface area contributed by atoms with Gasteiger partial charge in [0.05, 0.1) is 13.2 Å². The number of hydrogen-bond donors (Lipinski definition) is 2. The average molecular weight is 280 g/mol. The molecule has 0 aromatic heterocycles. The largest absolute Gasteiger partial charge is 0.382 e. The Labute approximate surface area is 120 Å². The third-order valence-corrected chi connectivity index (χ3v) is 2.85. The molecule has 1 aromatic rings. The van der Waals surface area contributed by atoms with E-state index in [1.165, 1.54) is 0 Å². The third-order valence-electron chi connectivity index (χ3n) is 2.85. The van der Waals surface area contributed by atoms with Crippen LogP contribution in [-0.4, -0.2) is 46.4 Å². The summed E-state index contributed by atoms with van der Waals surface area (Å²) in [5.41, 5.74) is 1.85. The highest BCUT2D eigenvalue weighted by Crippen LogP contribution is 2.04. The van der Waals surface area contributed by atoms with Crippen molar-refractivity contribution >= 4 is 5.91 Å². The molecule has 0 bridgehead atoms. The Morgan fingerprint density at radius 3 is 2.55 bits per heavy atom. The van der Waals surface area contributed by atoms with Crippen LogP contribution in [0.4, 0.5) is 0 Å². The lowest BCUT2D eigenvalue weighted by Gasteiger charge is -2.07. The fourth-order valence-electron chi connectivity index (χ4n) is 1.69. The third kappa shape index (κ3) is 6.65. The minimum atomic E-state index is -0.0577. The van der Waals surface area contributed by atoms with Crippen LogP contribution in [0.3, 0.4) is 0 Å². The van der Waals surface area contributed by atoms with Crippen molar-refractivity contribution in [3.8, 4) is 0 Å². The van der Waals surface area contributed by atoms with Crippen LogP contribution < -0.4 is 10.6 Å². The maximum atomic E-state index is 11.4. The highest BCUT2D eigenvalue weighted by atomic mass is 16.5. The van der Waals surface area contributed by atoms with Gasteiger partial charge < -0.3 is 20.1 Å². The molecule has 0 saturated carbocycles. The Hall–Kier alpha value is -1.43. The number of carbonyl (C=O) groups excluding carboxylic acids is 1. The number of nitrogens with one attached hydrogen (secondary N) is 2. The first-order valence-corrected chi connectivity index (χ1v) is 6.86. The van der Waals surface area contributed by atoms with E-state index in [9.17, 15) is 4.79 Å². The van der Waals surface area contributed by atoms with Gasteiger partial charge in [-0.15, -0.1) is 0 Å². The van der Waals surface area contributed by atoms with Crippen molar-refractivity contribution in [1.82, 2.24) is 10.6 Å². The van der Waals surface area contributed by atoms with Crippen molar-refractivity contribution in [3.63, 3.8) is 0 Å². The number of rotatable bonds is 10. The van der Waals surface area contributed by atoms with Gasteiger partial charge in [0.25, 0.3) is 5.91 Å². The highest BCUT2D eigenvalue weighted by molar-refractivity contribution is 5.93. The first-order chi connectivity index (χ1) is 9.77. The van der Waals surface area contributed by atoms with Gasteiger partial charge in [-0.05, 0) is 30.7 Å². The monoisotopic (exact) mass is 280 g/mol. The van der Waals surface area contributed by atoms with Gasteiger partial charge in [0, 0.05) is 32.9 Å². The maximum absolute atomic E-state index is 11.4. The molecule has 0 unspecified atom stereocenters. The predicted octanol–water partition coefficient (Wildman–Crippen LogP) is 1.19. The fraction of sp³-hybridized carbons (Fsp3) is 0.533. The zero-order valence-electron chi connectivity index (χ0n) is 12.3.